The van der Waals surface area contributed by atoms with Gasteiger partial charge in [0.1, 0.15) is 22.5 Å². The molecule has 0 radical (unpaired) electrons. The normalized spacial score (nSPS) is 15.9. The highest BCUT2D eigenvalue weighted by molar-refractivity contribution is 7.99. The third-order valence-electron chi connectivity index (χ3n) is 4.82. The summed E-state index contributed by atoms with van der Waals surface area (Å²) >= 11 is 1.47. The van der Waals surface area contributed by atoms with Gasteiger partial charge in [-0.25, -0.2) is 0 Å². The maximum atomic E-state index is 12.8. The van der Waals surface area contributed by atoms with Crippen molar-refractivity contribution in [1.29, 1.82) is 0 Å². The fraction of sp³-hybridized carbons (Fsp3) is 0.316. The molecule has 1 atom stereocenters. The SMILES string of the molecule is C=C(O)[C@@H]1CSc2c(OC)c(Cc3cccc(C)c3C)c(N)c(=O)n21. The first-order valence-corrected chi connectivity index (χ1v) is 9.01. The lowest BCUT2D eigenvalue weighted by molar-refractivity contribution is 0.329. The van der Waals surface area contributed by atoms with Crippen molar-refractivity contribution in [2.45, 2.75) is 31.3 Å². The molecule has 1 aromatic carbocycles. The van der Waals surface area contributed by atoms with Gasteiger partial charge in [-0.15, -0.1) is 11.8 Å². The van der Waals surface area contributed by atoms with Gasteiger partial charge in [-0.2, -0.15) is 0 Å². The molecule has 2 heterocycles. The van der Waals surface area contributed by atoms with Crippen LogP contribution < -0.4 is 16.0 Å². The van der Waals surface area contributed by atoms with Gasteiger partial charge in [0.2, 0.25) is 0 Å². The van der Waals surface area contributed by atoms with E-state index >= 15 is 0 Å². The monoisotopic (exact) mass is 358 g/mol. The van der Waals surface area contributed by atoms with Crippen LogP contribution in [0.1, 0.15) is 28.3 Å². The van der Waals surface area contributed by atoms with Gasteiger partial charge in [0, 0.05) is 17.7 Å². The molecule has 6 heteroatoms. The van der Waals surface area contributed by atoms with Crippen molar-refractivity contribution in [3.8, 4) is 5.75 Å². The van der Waals surface area contributed by atoms with Gasteiger partial charge in [0.15, 0.2) is 5.75 Å². The minimum Gasteiger partial charge on any atom is -0.511 e. The van der Waals surface area contributed by atoms with E-state index in [1.165, 1.54) is 27.5 Å². The molecule has 0 spiro atoms. The average Bonchev–Trinajstić information content (AvgIpc) is 3.02. The largest absolute Gasteiger partial charge is 0.511 e. The number of methoxy groups -OCH3 is 1. The van der Waals surface area contributed by atoms with Crippen molar-refractivity contribution >= 4 is 17.4 Å². The van der Waals surface area contributed by atoms with Crippen molar-refractivity contribution in [3.05, 3.63) is 63.1 Å². The number of thioether (sulfide) groups is 1. The summed E-state index contributed by atoms with van der Waals surface area (Å²) in [5.74, 6) is 1.09. The highest BCUT2D eigenvalue weighted by Gasteiger charge is 2.32. The number of aryl methyl sites for hydroxylation is 1. The fourth-order valence-electron chi connectivity index (χ4n) is 3.19. The van der Waals surface area contributed by atoms with Crippen molar-refractivity contribution < 1.29 is 9.84 Å². The van der Waals surface area contributed by atoms with Crippen molar-refractivity contribution in [2.24, 2.45) is 0 Å². The van der Waals surface area contributed by atoms with Gasteiger partial charge < -0.3 is 15.6 Å². The van der Waals surface area contributed by atoms with E-state index in [0.717, 1.165) is 5.56 Å². The molecule has 0 fully saturated rings. The third-order valence-corrected chi connectivity index (χ3v) is 5.96. The Bertz CT molecular complexity index is 918. The lowest BCUT2D eigenvalue weighted by Crippen LogP contribution is -2.28. The maximum absolute atomic E-state index is 12.8. The van der Waals surface area contributed by atoms with Gasteiger partial charge >= 0.3 is 0 Å². The lowest BCUT2D eigenvalue weighted by Gasteiger charge is -2.19. The Morgan fingerprint density at radius 1 is 1.48 bits per heavy atom. The molecule has 0 aliphatic carbocycles. The van der Waals surface area contributed by atoms with E-state index in [0.29, 0.717) is 28.5 Å². The van der Waals surface area contributed by atoms with E-state index in [9.17, 15) is 9.90 Å². The summed E-state index contributed by atoms with van der Waals surface area (Å²) < 4.78 is 7.12. The second kappa shape index (κ2) is 6.52. The number of allylic oxidation sites excluding steroid dienone is 1. The smallest absolute Gasteiger partial charge is 0.275 e. The number of fused-ring (bicyclic) bond motifs is 1. The summed E-state index contributed by atoms with van der Waals surface area (Å²) in [6.07, 6.45) is 0.525. The minimum absolute atomic E-state index is 0.0444. The van der Waals surface area contributed by atoms with Gasteiger partial charge in [-0.3, -0.25) is 9.36 Å². The number of aromatic nitrogens is 1. The molecule has 0 amide bonds. The van der Waals surface area contributed by atoms with E-state index < -0.39 is 6.04 Å². The quantitative estimate of drug-likeness (QED) is 0.820. The van der Waals surface area contributed by atoms with E-state index in [-0.39, 0.29) is 17.0 Å². The molecule has 3 N–H and O–H groups in total. The van der Waals surface area contributed by atoms with E-state index in [4.69, 9.17) is 10.5 Å². The molecule has 2 aromatic rings. The van der Waals surface area contributed by atoms with Crippen LogP contribution in [0.3, 0.4) is 0 Å². The number of ether oxygens (including phenoxy) is 1. The van der Waals surface area contributed by atoms with Crippen LogP contribution in [0, 0.1) is 13.8 Å². The first-order chi connectivity index (χ1) is 11.9. The van der Waals surface area contributed by atoms with Crippen LogP contribution in [0.25, 0.3) is 0 Å². The van der Waals surface area contributed by atoms with Crippen LogP contribution in [0.5, 0.6) is 5.75 Å². The second-order valence-electron chi connectivity index (χ2n) is 6.26. The van der Waals surface area contributed by atoms with Gasteiger partial charge in [0.05, 0.1) is 7.11 Å². The maximum Gasteiger partial charge on any atom is 0.275 e. The molecule has 0 saturated carbocycles. The van der Waals surface area contributed by atoms with Crippen LogP contribution in [0.15, 0.2) is 40.4 Å². The van der Waals surface area contributed by atoms with Crippen LogP contribution in [-0.2, 0) is 6.42 Å². The lowest BCUT2D eigenvalue weighted by atomic mass is 9.96. The Morgan fingerprint density at radius 2 is 2.20 bits per heavy atom. The Morgan fingerprint density at radius 3 is 2.84 bits per heavy atom. The van der Waals surface area contributed by atoms with Crippen LogP contribution in [0.2, 0.25) is 0 Å². The number of nitrogen functional groups attached to an aromatic ring is 1. The average molecular weight is 358 g/mol. The van der Waals surface area contributed by atoms with Crippen molar-refractivity contribution in [3.63, 3.8) is 0 Å². The zero-order valence-corrected chi connectivity index (χ0v) is 15.4. The number of pyridine rings is 1. The van der Waals surface area contributed by atoms with Gasteiger partial charge in [-0.05, 0) is 30.5 Å². The molecule has 132 valence electrons. The molecule has 0 saturated heterocycles. The number of nitrogens with zero attached hydrogens (tertiary/aromatic N) is 1. The highest BCUT2D eigenvalue weighted by Crippen LogP contribution is 2.43. The van der Waals surface area contributed by atoms with Crippen LogP contribution in [-0.4, -0.2) is 22.5 Å². The Balaban J connectivity index is 2.19. The zero-order valence-electron chi connectivity index (χ0n) is 14.6. The van der Waals surface area contributed by atoms with Gasteiger partial charge in [-0.1, -0.05) is 24.8 Å². The van der Waals surface area contributed by atoms with E-state index in [1.54, 1.807) is 7.11 Å². The molecule has 25 heavy (non-hydrogen) atoms. The Labute approximate surface area is 151 Å². The Kier molecular flexibility index (Phi) is 4.56. The molecule has 1 aliphatic heterocycles. The Hall–Kier alpha value is -2.34. The molecular weight excluding hydrogens is 336 g/mol. The fourth-order valence-corrected chi connectivity index (χ4v) is 4.53. The number of aliphatic hydroxyl groups excluding tert-OH is 1. The first-order valence-electron chi connectivity index (χ1n) is 8.03. The number of rotatable bonds is 4. The molecule has 3 rings (SSSR count). The summed E-state index contributed by atoms with van der Waals surface area (Å²) in [7, 11) is 1.58. The number of benzene rings is 1. The predicted molar refractivity (Wildman–Crippen MR) is 102 cm³/mol. The topological polar surface area (TPSA) is 77.5 Å². The van der Waals surface area contributed by atoms with E-state index in [2.05, 4.69) is 26.5 Å². The number of anilines is 1. The summed E-state index contributed by atoms with van der Waals surface area (Å²) in [4.78, 5) is 12.8. The van der Waals surface area contributed by atoms with Crippen molar-refractivity contribution in [1.82, 2.24) is 4.57 Å². The summed E-state index contributed by atoms with van der Waals surface area (Å²) in [5.41, 5.74) is 10.2. The number of hydrogen-bond donors (Lipinski definition) is 2. The summed E-state index contributed by atoms with van der Waals surface area (Å²) in [6, 6.07) is 5.63. The first kappa shape index (κ1) is 17.5. The molecule has 5 nitrogen and oxygen atoms in total. The predicted octanol–water partition coefficient (Wildman–Crippen LogP) is 3.37. The van der Waals surface area contributed by atoms with Gasteiger partial charge in [0.25, 0.3) is 5.56 Å². The molecular formula is C19H22N2O3S. The van der Waals surface area contributed by atoms with Crippen LogP contribution >= 0.6 is 11.8 Å². The second-order valence-corrected chi connectivity index (χ2v) is 7.27. The summed E-state index contributed by atoms with van der Waals surface area (Å²) in [5, 5.41) is 10.5. The molecule has 1 aliphatic rings. The highest BCUT2D eigenvalue weighted by atomic mass is 32.2. The number of aliphatic hydroxyl groups is 1. The third kappa shape index (κ3) is 2.80. The number of hydrogen-bond acceptors (Lipinski definition) is 5. The van der Waals surface area contributed by atoms with Crippen molar-refractivity contribution in [2.75, 3.05) is 18.6 Å². The molecule has 0 bridgehead atoms. The standard InChI is InChI=1S/C19H22N2O3S/c1-10-6-5-7-13(11(10)2)8-14-16(20)18(23)21-15(12(3)22)9-25-19(21)17(14)24-4/h5-7,15,22H,3,8-9,20H2,1-2,4H3/t15-/m0/s1. The molecule has 0 unspecified atom stereocenters. The molecule has 1 aromatic heterocycles. The number of nitrogens with two attached hydrogens (primary N) is 1. The van der Waals surface area contributed by atoms with E-state index in [1.807, 2.05) is 12.1 Å². The minimum atomic E-state index is -0.474. The zero-order chi connectivity index (χ0) is 18.3. The van der Waals surface area contributed by atoms with Crippen LogP contribution in [0.4, 0.5) is 5.69 Å². The summed E-state index contributed by atoms with van der Waals surface area (Å²) in [6.45, 7) is 7.70.